The van der Waals surface area contributed by atoms with Crippen LogP contribution in [0.1, 0.15) is 11.1 Å². The Labute approximate surface area is 161 Å². The number of nitrogens with one attached hydrogen (secondary N) is 2. The maximum absolute atomic E-state index is 11.9. The minimum absolute atomic E-state index is 0.204. The zero-order valence-electron chi connectivity index (χ0n) is 14.9. The van der Waals surface area contributed by atoms with Gasteiger partial charge in [0.15, 0.2) is 23.0 Å². The number of hydrogen-bond acceptors (Lipinski definition) is 6. The molecule has 0 atom stereocenters. The third-order valence-electron chi connectivity index (χ3n) is 4.19. The van der Waals surface area contributed by atoms with Crippen LogP contribution in [0.5, 0.6) is 23.0 Å². The van der Waals surface area contributed by atoms with Crippen LogP contribution in [0.15, 0.2) is 48.6 Å². The average Bonchev–Trinajstić information content (AvgIpc) is 3.37. The molecule has 8 heteroatoms. The average molecular weight is 382 g/mol. The van der Waals surface area contributed by atoms with Crippen LogP contribution >= 0.6 is 0 Å². The second-order valence-electron chi connectivity index (χ2n) is 6.14. The SMILES string of the molecule is O=C(/C=C\C(=O)NCc1ccc2c(c1)OCO2)NCc1ccc2c(c1)OCO2. The van der Waals surface area contributed by atoms with Crippen molar-refractivity contribution >= 4 is 11.8 Å². The lowest BCUT2D eigenvalue weighted by molar-refractivity contribution is -0.118. The Morgan fingerprint density at radius 3 is 1.61 bits per heavy atom. The third-order valence-corrected chi connectivity index (χ3v) is 4.19. The molecule has 8 nitrogen and oxygen atoms in total. The maximum atomic E-state index is 11.9. The Morgan fingerprint density at radius 2 is 1.14 bits per heavy atom. The van der Waals surface area contributed by atoms with Crippen LogP contribution in [0.2, 0.25) is 0 Å². The summed E-state index contributed by atoms with van der Waals surface area (Å²) in [7, 11) is 0. The van der Waals surface area contributed by atoms with E-state index in [0.29, 0.717) is 36.1 Å². The van der Waals surface area contributed by atoms with Crippen LogP contribution in [0.3, 0.4) is 0 Å². The molecule has 0 saturated heterocycles. The molecule has 0 spiro atoms. The molecule has 144 valence electrons. The van der Waals surface area contributed by atoms with Gasteiger partial charge in [0.25, 0.3) is 0 Å². The monoisotopic (exact) mass is 382 g/mol. The highest BCUT2D eigenvalue weighted by molar-refractivity contribution is 5.96. The van der Waals surface area contributed by atoms with E-state index in [4.69, 9.17) is 18.9 Å². The fraction of sp³-hybridized carbons (Fsp3) is 0.200. The number of fused-ring (bicyclic) bond motifs is 2. The summed E-state index contributed by atoms with van der Waals surface area (Å²) < 4.78 is 21.1. The van der Waals surface area contributed by atoms with Crippen molar-refractivity contribution in [3.8, 4) is 23.0 Å². The van der Waals surface area contributed by atoms with E-state index < -0.39 is 0 Å². The van der Waals surface area contributed by atoms with Crippen molar-refractivity contribution in [1.29, 1.82) is 0 Å². The summed E-state index contributed by atoms with van der Waals surface area (Å²) in [5.74, 6) is 1.96. The van der Waals surface area contributed by atoms with Gasteiger partial charge in [0, 0.05) is 25.2 Å². The van der Waals surface area contributed by atoms with Gasteiger partial charge >= 0.3 is 0 Å². The Hall–Kier alpha value is -3.68. The molecule has 28 heavy (non-hydrogen) atoms. The molecule has 0 aromatic heterocycles. The van der Waals surface area contributed by atoms with Crippen molar-refractivity contribution in [2.24, 2.45) is 0 Å². The standard InChI is InChI=1S/C20H18N2O6/c23-19(21-9-13-1-3-15-17(7-13)27-11-25-15)5-6-20(24)22-10-14-2-4-16-18(8-14)28-12-26-16/h1-8H,9-12H2,(H,21,23)(H,22,24)/b6-5-. The lowest BCUT2D eigenvalue weighted by Gasteiger charge is -2.05. The smallest absolute Gasteiger partial charge is 0.244 e. The highest BCUT2D eigenvalue weighted by Crippen LogP contribution is 2.33. The highest BCUT2D eigenvalue weighted by atomic mass is 16.7. The molecular weight excluding hydrogens is 364 g/mol. The summed E-state index contributed by atoms with van der Waals surface area (Å²) in [4.78, 5) is 23.8. The van der Waals surface area contributed by atoms with Crippen LogP contribution < -0.4 is 29.6 Å². The largest absolute Gasteiger partial charge is 0.454 e. The van der Waals surface area contributed by atoms with Crippen LogP contribution in [0.25, 0.3) is 0 Å². The molecule has 2 aromatic carbocycles. The molecule has 0 unspecified atom stereocenters. The molecule has 2 aliphatic heterocycles. The van der Waals surface area contributed by atoms with E-state index in [1.165, 1.54) is 12.2 Å². The minimum Gasteiger partial charge on any atom is -0.454 e. The van der Waals surface area contributed by atoms with Gasteiger partial charge in [-0.05, 0) is 35.4 Å². The van der Waals surface area contributed by atoms with Crippen LogP contribution in [0, 0.1) is 0 Å². The van der Waals surface area contributed by atoms with E-state index in [1.54, 1.807) is 12.1 Å². The first-order valence-corrected chi connectivity index (χ1v) is 8.68. The molecule has 0 saturated carbocycles. The van der Waals surface area contributed by atoms with E-state index in [9.17, 15) is 9.59 Å². The number of hydrogen-bond donors (Lipinski definition) is 2. The molecule has 2 aliphatic rings. The van der Waals surface area contributed by atoms with Gasteiger partial charge in [-0.15, -0.1) is 0 Å². The number of amides is 2. The second-order valence-corrected chi connectivity index (χ2v) is 6.14. The maximum Gasteiger partial charge on any atom is 0.244 e. The van der Waals surface area contributed by atoms with Crippen LogP contribution in [0.4, 0.5) is 0 Å². The number of carbonyl (C=O) groups excluding carboxylic acids is 2. The minimum atomic E-state index is -0.365. The van der Waals surface area contributed by atoms with Crippen LogP contribution in [-0.2, 0) is 22.7 Å². The first kappa shape index (κ1) is 17.7. The first-order chi connectivity index (χ1) is 13.7. The van der Waals surface area contributed by atoms with E-state index in [-0.39, 0.29) is 25.4 Å². The first-order valence-electron chi connectivity index (χ1n) is 8.68. The summed E-state index contributed by atoms with van der Waals surface area (Å²) in [5, 5.41) is 5.43. The number of benzene rings is 2. The summed E-state index contributed by atoms with van der Waals surface area (Å²) in [6, 6.07) is 10.9. The zero-order chi connectivity index (χ0) is 19.3. The predicted molar refractivity (Wildman–Crippen MR) is 98.0 cm³/mol. The summed E-state index contributed by atoms with van der Waals surface area (Å²) in [5.41, 5.74) is 1.75. The fourth-order valence-electron chi connectivity index (χ4n) is 2.75. The zero-order valence-corrected chi connectivity index (χ0v) is 14.9. The predicted octanol–water partition coefficient (Wildman–Crippen LogP) is 1.63. The van der Waals surface area contributed by atoms with Crippen molar-refractivity contribution in [3.63, 3.8) is 0 Å². The molecular formula is C20H18N2O6. The van der Waals surface area contributed by atoms with E-state index in [2.05, 4.69) is 10.6 Å². The normalized spacial score (nSPS) is 13.6. The summed E-state index contributed by atoms with van der Waals surface area (Å²) in [6.45, 7) is 1.04. The molecule has 2 N–H and O–H groups in total. The second kappa shape index (κ2) is 7.91. The summed E-state index contributed by atoms with van der Waals surface area (Å²) >= 11 is 0. The highest BCUT2D eigenvalue weighted by Gasteiger charge is 2.14. The van der Waals surface area contributed by atoms with Crippen molar-refractivity contribution in [2.75, 3.05) is 13.6 Å². The number of carbonyl (C=O) groups is 2. The van der Waals surface area contributed by atoms with Crippen molar-refractivity contribution in [2.45, 2.75) is 13.1 Å². The lowest BCUT2D eigenvalue weighted by atomic mass is 10.2. The molecule has 2 heterocycles. The van der Waals surface area contributed by atoms with Gasteiger partial charge < -0.3 is 29.6 Å². The Kier molecular flexibility index (Phi) is 5.01. The molecule has 0 bridgehead atoms. The van der Waals surface area contributed by atoms with Gasteiger partial charge in [-0.1, -0.05) is 12.1 Å². The van der Waals surface area contributed by atoms with Crippen LogP contribution in [-0.4, -0.2) is 25.4 Å². The quantitative estimate of drug-likeness (QED) is 0.738. The summed E-state index contributed by atoms with van der Waals surface area (Å²) in [6.07, 6.45) is 2.39. The van der Waals surface area contributed by atoms with E-state index >= 15 is 0 Å². The van der Waals surface area contributed by atoms with Crippen molar-refractivity contribution in [3.05, 3.63) is 59.7 Å². The topological polar surface area (TPSA) is 95.1 Å². The molecule has 4 rings (SSSR count). The van der Waals surface area contributed by atoms with E-state index in [0.717, 1.165) is 11.1 Å². The Bertz CT molecular complexity index is 865. The lowest BCUT2D eigenvalue weighted by Crippen LogP contribution is -2.23. The third kappa shape index (κ3) is 4.17. The van der Waals surface area contributed by atoms with Gasteiger partial charge in [0.05, 0.1) is 0 Å². The van der Waals surface area contributed by atoms with Gasteiger partial charge in [0.1, 0.15) is 0 Å². The van der Waals surface area contributed by atoms with Gasteiger partial charge in [-0.25, -0.2) is 0 Å². The molecule has 2 amide bonds. The van der Waals surface area contributed by atoms with Gasteiger partial charge in [0.2, 0.25) is 25.4 Å². The fourth-order valence-corrected chi connectivity index (χ4v) is 2.75. The molecule has 0 radical (unpaired) electrons. The Balaban J connectivity index is 1.22. The van der Waals surface area contributed by atoms with Crippen molar-refractivity contribution in [1.82, 2.24) is 10.6 Å². The van der Waals surface area contributed by atoms with E-state index in [1.807, 2.05) is 24.3 Å². The van der Waals surface area contributed by atoms with Gasteiger partial charge in [-0.2, -0.15) is 0 Å². The molecule has 0 fully saturated rings. The number of ether oxygens (including phenoxy) is 4. The molecule has 0 aliphatic carbocycles. The van der Waals surface area contributed by atoms with Gasteiger partial charge in [-0.3, -0.25) is 9.59 Å². The Morgan fingerprint density at radius 1 is 0.714 bits per heavy atom. The number of rotatable bonds is 6. The molecule has 2 aromatic rings. The van der Waals surface area contributed by atoms with Crippen molar-refractivity contribution < 1.29 is 28.5 Å².